The predicted octanol–water partition coefficient (Wildman–Crippen LogP) is 5.83. The number of hydrogen-bond donors (Lipinski definition) is 1. The van der Waals surface area contributed by atoms with Gasteiger partial charge in [-0.05, 0) is 49.6 Å². The zero-order valence-corrected chi connectivity index (χ0v) is 15.4. The summed E-state index contributed by atoms with van der Waals surface area (Å²) in [6, 6.07) is 11.9. The number of halogens is 1. The number of nitrogens with zero attached hydrogens (tertiary/aromatic N) is 2. The molecule has 0 saturated heterocycles. The van der Waals surface area contributed by atoms with E-state index in [2.05, 4.69) is 53.8 Å². The molecule has 1 heterocycles. The van der Waals surface area contributed by atoms with Crippen LogP contribution in [0.5, 0.6) is 0 Å². The van der Waals surface area contributed by atoms with Crippen LogP contribution < -0.4 is 5.43 Å². The minimum absolute atomic E-state index is 0.716. The van der Waals surface area contributed by atoms with Crippen LogP contribution in [0.3, 0.4) is 0 Å². The number of aromatic nitrogens is 1. The Kier molecular flexibility index (Phi) is 4.97. The van der Waals surface area contributed by atoms with Crippen LogP contribution in [0.15, 0.2) is 46.9 Å². The highest BCUT2D eigenvalue weighted by molar-refractivity contribution is 7.14. The van der Waals surface area contributed by atoms with Gasteiger partial charge in [0, 0.05) is 16.0 Å². The van der Waals surface area contributed by atoms with Crippen molar-refractivity contribution in [2.75, 3.05) is 5.43 Å². The Morgan fingerprint density at radius 2 is 1.75 bits per heavy atom. The summed E-state index contributed by atoms with van der Waals surface area (Å²) in [5.74, 6) is 0. The summed E-state index contributed by atoms with van der Waals surface area (Å²) in [5, 5.41) is 7.79. The van der Waals surface area contributed by atoms with Crippen molar-refractivity contribution in [3.05, 3.63) is 69.1 Å². The average molecular weight is 356 g/mol. The third kappa shape index (κ3) is 3.83. The van der Waals surface area contributed by atoms with E-state index in [0.29, 0.717) is 5.02 Å². The molecule has 1 N–H and O–H groups in total. The van der Waals surface area contributed by atoms with Gasteiger partial charge in [-0.1, -0.05) is 41.4 Å². The molecule has 2 aromatic carbocycles. The highest BCUT2D eigenvalue weighted by Gasteiger charge is 2.10. The maximum Gasteiger partial charge on any atom is 0.203 e. The van der Waals surface area contributed by atoms with Gasteiger partial charge < -0.3 is 0 Å². The minimum atomic E-state index is 0.716. The Labute approximate surface area is 151 Å². The SMILES string of the molecule is Cc1cc(C)c(-c2csc(N/N=C\c3ccc(Cl)cc3)n2)c(C)c1. The fraction of sp³-hybridized carbons (Fsp3) is 0.158. The Morgan fingerprint density at radius 3 is 2.42 bits per heavy atom. The summed E-state index contributed by atoms with van der Waals surface area (Å²) in [7, 11) is 0. The average Bonchev–Trinajstić information content (AvgIpc) is 2.97. The summed E-state index contributed by atoms with van der Waals surface area (Å²) in [6.45, 7) is 6.37. The fourth-order valence-corrected chi connectivity index (χ4v) is 3.51. The molecule has 0 amide bonds. The van der Waals surface area contributed by atoms with Crippen molar-refractivity contribution in [3.8, 4) is 11.3 Å². The molecule has 0 aliphatic carbocycles. The normalized spacial score (nSPS) is 11.2. The van der Waals surface area contributed by atoms with E-state index in [1.807, 2.05) is 24.3 Å². The molecule has 0 atom stereocenters. The van der Waals surface area contributed by atoms with Crippen molar-refractivity contribution in [1.82, 2.24) is 4.98 Å². The third-order valence-electron chi connectivity index (χ3n) is 3.68. The molecule has 24 heavy (non-hydrogen) atoms. The minimum Gasteiger partial charge on any atom is -0.253 e. The number of nitrogens with one attached hydrogen (secondary N) is 1. The van der Waals surface area contributed by atoms with Crippen LogP contribution in [-0.4, -0.2) is 11.2 Å². The first kappa shape index (κ1) is 16.7. The summed E-state index contributed by atoms with van der Waals surface area (Å²) in [4.78, 5) is 4.65. The van der Waals surface area contributed by atoms with Gasteiger partial charge >= 0.3 is 0 Å². The van der Waals surface area contributed by atoms with Crippen LogP contribution in [0.2, 0.25) is 5.02 Å². The Hall–Kier alpha value is -2.17. The van der Waals surface area contributed by atoms with Crippen molar-refractivity contribution in [2.24, 2.45) is 5.10 Å². The van der Waals surface area contributed by atoms with Crippen molar-refractivity contribution < 1.29 is 0 Å². The van der Waals surface area contributed by atoms with Gasteiger partial charge in [0.2, 0.25) is 5.13 Å². The molecular weight excluding hydrogens is 338 g/mol. The molecule has 0 saturated carbocycles. The second kappa shape index (κ2) is 7.16. The van der Waals surface area contributed by atoms with Gasteiger partial charge in [-0.2, -0.15) is 5.10 Å². The van der Waals surface area contributed by atoms with Gasteiger partial charge in [-0.25, -0.2) is 4.98 Å². The molecule has 1 aromatic heterocycles. The molecule has 0 radical (unpaired) electrons. The van der Waals surface area contributed by atoms with E-state index < -0.39 is 0 Å². The van der Waals surface area contributed by atoms with Gasteiger partial charge in [-0.3, -0.25) is 5.43 Å². The molecule has 122 valence electrons. The molecule has 0 spiro atoms. The van der Waals surface area contributed by atoms with Gasteiger partial charge in [0.05, 0.1) is 11.9 Å². The first-order chi connectivity index (χ1) is 11.5. The molecule has 3 aromatic rings. The van der Waals surface area contributed by atoms with Crippen LogP contribution in [-0.2, 0) is 0 Å². The third-order valence-corrected chi connectivity index (χ3v) is 4.68. The molecular formula is C19H18ClN3S. The summed E-state index contributed by atoms with van der Waals surface area (Å²) in [6.07, 6.45) is 1.75. The lowest BCUT2D eigenvalue weighted by molar-refractivity contribution is 1.26. The zero-order chi connectivity index (χ0) is 17.1. The molecule has 0 aliphatic rings. The lowest BCUT2D eigenvalue weighted by Crippen LogP contribution is -1.92. The predicted molar refractivity (Wildman–Crippen MR) is 104 cm³/mol. The Morgan fingerprint density at radius 1 is 1.08 bits per heavy atom. The number of benzene rings is 2. The smallest absolute Gasteiger partial charge is 0.203 e. The second-order valence-electron chi connectivity index (χ2n) is 5.73. The van der Waals surface area contributed by atoms with E-state index in [1.165, 1.54) is 22.3 Å². The number of hydrogen-bond acceptors (Lipinski definition) is 4. The highest BCUT2D eigenvalue weighted by Crippen LogP contribution is 2.31. The summed E-state index contributed by atoms with van der Waals surface area (Å²) in [5.41, 5.74) is 9.92. The van der Waals surface area contributed by atoms with E-state index in [9.17, 15) is 0 Å². The van der Waals surface area contributed by atoms with Crippen molar-refractivity contribution in [3.63, 3.8) is 0 Å². The number of hydrazone groups is 1. The zero-order valence-electron chi connectivity index (χ0n) is 13.8. The molecule has 3 rings (SSSR count). The monoisotopic (exact) mass is 355 g/mol. The van der Waals surface area contributed by atoms with Crippen LogP contribution in [0.1, 0.15) is 22.3 Å². The standard InChI is InChI=1S/C19H18ClN3S/c1-12-8-13(2)18(14(3)9-12)17-11-24-19(22-17)23-21-10-15-4-6-16(20)7-5-15/h4-11H,1-3H3,(H,22,23)/b21-10-. The number of anilines is 1. The van der Waals surface area contributed by atoms with Crippen LogP contribution >= 0.6 is 22.9 Å². The van der Waals surface area contributed by atoms with E-state index in [4.69, 9.17) is 11.6 Å². The molecule has 3 nitrogen and oxygen atoms in total. The van der Waals surface area contributed by atoms with Gasteiger partial charge in [0.15, 0.2) is 0 Å². The second-order valence-corrected chi connectivity index (χ2v) is 7.03. The molecule has 0 unspecified atom stereocenters. The van der Waals surface area contributed by atoms with Crippen molar-refractivity contribution >= 4 is 34.3 Å². The van der Waals surface area contributed by atoms with Gasteiger partial charge in [0.1, 0.15) is 0 Å². The van der Waals surface area contributed by atoms with Gasteiger partial charge in [0.25, 0.3) is 0 Å². The quantitative estimate of drug-likeness (QED) is 0.472. The van der Waals surface area contributed by atoms with Crippen LogP contribution in [0.25, 0.3) is 11.3 Å². The number of rotatable bonds is 4. The Balaban J connectivity index is 1.75. The summed E-state index contributed by atoms with van der Waals surface area (Å²) >= 11 is 7.42. The number of aryl methyl sites for hydroxylation is 3. The fourth-order valence-electron chi connectivity index (χ4n) is 2.73. The first-order valence-electron chi connectivity index (χ1n) is 7.61. The van der Waals surface area contributed by atoms with E-state index in [1.54, 1.807) is 17.6 Å². The molecule has 0 fully saturated rings. The van der Waals surface area contributed by atoms with Gasteiger partial charge in [-0.15, -0.1) is 11.3 Å². The van der Waals surface area contributed by atoms with E-state index in [-0.39, 0.29) is 0 Å². The topological polar surface area (TPSA) is 37.3 Å². The van der Waals surface area contributed by atoms with Crippen molar-refractivity contribution in [2.45, 2.75) is 20.8 Å². The van der Waals surface area contributed by atoms with E-state index in [0.717, 1.165) is 16.4 Å². The Bertz CT molecular complexity index is 859. The molecule has 0 bridgehead atoms. The van der Waals surface area contributed by atoms with Crippen molar-refractivity contribution in [1.29, 1.82) is 0 Å². The first-order valence-corrected chi connectivity index (χ1v) is 8.87. The number of thiazole rings is 1. The highest BCUT2D eigenvalue weighted by atomic mass is 35.5. The lowest BCUT2D eigenvalue weighted by atomic mass is 9.98. The lowest BCUT2D eigenvalue weighted by Gasteiger charge is -2.08. The maximum atomic E-state index is 5.87. The molecule has 0 aliphatic heterocycles. The van der Waals surface area contributed by atoms with E-state index >= 15 is 0 Å². The van der Waals surface area contributed by atoms with Crippen LogP contribution in [0.4, 0.5) is 5.13 Å². The maximum absolute atomic E-state index is 5.87. The van der Waals surface area contributed by atoms with Crippen LogP contribution in [0, 0.1) is 20.8 Å². The molecule has 5 heteroatoms. The summed E-state index contributed by atoms with van der Waals surface area (Å²) < 4.78 is 0. The largest absolute Gasteiger partial charge is 0.253 e.